The van der Waals surface area contributed by atoms with Gasteiger partial charge in [-0.1, -0.05) is 53.0 Å². The van der Waals surface area contributed by atoms with E-state index in [2.05, 4.69) is 15.4 Å². The van der Waals surface area contributed by atoms with E-state index in [-0.39, 0.29) is 17.4 Å². The maximum atomic E-state index is 13.5. The van der Waals surface area contributed by atoms with Crippen molar-refractivity contribution in [1.82, 2.24) is 19.2 Å². The number of hydrogen-bond donors (Lipinski definition) is 1. The molecule has 0 bridgehead atoms. The van der Waals surface area contributed by atoms with Crippen LogP contribution in [0.4, 0.5) is 14.5 Å². The largest absolute Gasteiger partial charge is 0.318 e. The zero-order valence-electron chi connectivity index (χ0n) is 19.0. The summed E-state index contributed by atoms with van der Waals surface area (Å²) in [5, 5.41) is 6.68. The number of nitrogens with one attached hydrogen (secondary N) is 1. The van der Waals surface area contributed by atoms with E-state index < -0.39 is 12.3 Å². The molecule has 0 aliphatic heterocycles. The molecule has 1 N–H and O–H groups in total. The minimum Gasteiger partial charge on any atom is -0.318 e. The predicted octanol–water partition coefficient (Wildman–Crippen LogP) is 6.59. The Morgan fingerprint density at radius 2 is 1.77 bits per heavy atom. The van der Waals surface area contributed by atoms with Crippen molar-refractivity contribution in [3.05, 3.63) is 47.7 Å². The Balaban J connectivity index is 0.000000807. The predicted molar refractivity (Wildman–Crippen MR) is 120 cm³/mol. The highest BCUT2D eigenvalue weighted by molar-refractivity contribution is 6.03. The summed E-state index contributed by atoms with van der Waals surface area (Å²) >= 11 is 0. The monoisotopic (exact) mass is 433 g/mol. The first-order chi connectivity index (χ1) is 15.0. The number of alkyl halides is 2. The summed E-state index contributed by atoms with van der Waals surface area (Å²) in [5.41, 5.74) is 1.55. The van der Waals surface area contributed by atoms with Gasteiger partial charge in [0.25, 0.3) is 12.3 Å². The van der Waals surface area contributed by atoms with Crippen LogP contribution in [0.2, 0.25) is 0 Å². The van der Waals surface area contributed by atoms with Crippen LogP contribution < -0.4 is 5.32 Å². The topological polar surface area (TPSA) is 64.2 Å². The summed E-state index contributed by atoms with van der Waals surface area (Å²) in [6.45, 7) is 9.91. The first kappa shape index (κ1) is 24.5. The number of pyridine rings is 1. The molecule has 6 nitrogen and oxygen atoms in total. The molecule has 31 heavy (non-hydrogen) atoms. The highest BCUT2D eigenvalue weighted by Gasteiger charge is 2.25. The lowest BCUT2D eigenvalue weighted by Crippen LogP contribution is -2.15. The van der Waals surface area contributed by atoms with Crippen LogP contribution in [0.25, 0.3) is 5.65 Å². The number of carbonyl (C=O) groups excluding carboxylic acids is 1. The number of nitrogens with zero attached hydrogens (tertiary/aromatic N) is 4. The van der Waals surface area contributed by atoms with E-state index in [1.807, 2.05) is 40.7 Å². The van der Waals surface area contributed by atoms with E-state index in [4.69, 9.17) is 0 Å². The van der Waals surface area contributed by atoms with Crippen LogP contribution in [0.5, 0.6) is 0 Å². The molecule has 3 aromatic heterocycles. The minimum absolute atomic E-state index is 0.0585. The van der Waals surface area contributed by atoms with Crippen LogP contribution in [0, 0.1) is 6.92 Å². The average Bonchev–Trinajstić information content (AvgIpc) is 3.41. The Hall–Kier alpha value is -2.77. The second-order valence-electron chi connectivity index (χ2n) is 7.03. The SMILES string of the molecule is CC.CC.Cc1ccc2ncc(C(=O)Nc3cn(C4CCCCC4)nc3C(F)F)n2c1. The molecule has 1 fully saturated rings. The van der Waals surface area contributed by atoms with Crippen LogP contribution in [-0.2, 0) is 0 Å². The van der Waals surface area contributed by atoms with E-state index in [1.54, 1.807) is 21.3 Å². The fourth-order valence-electron chi connectivity index (χ4n) is 3.64. The van der Waals surface area contributed by atoms with Crippen molar-refractivity contribution in [2.45, 2.75) is 79.2 Å². The summed E-state index contributed by atoms with van der Waals surface area (Å²) in [6, 6.07) is 3.81. The van der Waals surface area contributed by atoms with Gasteiger partial charge in [-0.05, 0) is 31.4 Å². The van der Waals surface area contributed by atoms with Crippen LogP contribution >= 0.6 is 0 Å². The fourth-order valence-corrected chi connectivity index (χ4v) is 3.64. The van der Waals surface area contributed by atoms with Crippen molar-refractivity contribution in [2.24, 2.45) is 0 Å². The highest BCUT2D eigenvalue weighted by Crippen LogP contribution is 2.32. The van der Waals surface area contributed by atoms with Gasteiger partial charge < -0.3 is 5.32 Å². The van der Waals surface area contributed by atoms with Crippen molar-refractivity contribution >= 4 is 17.2 Å². The second-order valence-corrected chi connectivity index (χ2v) is 7.03. The third-order valence-corrected chi connectivity index (χ3v) is 5.05. The second kappa shape index (κ2) is 11.6. The molecule has 1 aliphatic carbocycles. The number of aryl methyl sites for hydroxylation is 1. The number of hydrogen-bond acceptors (Lipinski definition) is 3. The lowest BCUT2D eigenvalue weighted by Gasteiger charge is -2.21. The van der Waals surface area contributed by atoms with Crippen LogP contribution in [0.15, 0.2) is 30.7 Å². The minimum atomic E-state index is -2.76. The van der Waals surface area contributed by atoms with Gasteiger partial charge in [-0.15, -0.1) is 0 Å². The number of halogens is 2. The fraction of sp³-hybridized carbons (Fsp3) is 0.522. The van der Waals surface area contributed by atoms with E-state index in [1.165, 1.54) is 12.4 Å². The zero-order valence-corrected chi connectivity index (χ0v) is 19.0. The molecule has 0 radical (unpaired) electrons. The van der Waals surface area contributed by atoms with Gasteiger partial charge in [0.15, 0.2) is 5.69 Å². The molecule has 4 rings (SSSR count). The Labute approximate surface area is 182 Å². The first-order valence-corrected chi connectivity index (χ1v) is 11.1. The number of amides is 1. The van der Waals surface area contributed by atoms with Crippen LogP contribution in [0.3, 0.4) is 0 Å². The van der Waals surface area contributed by atoms with Gasteiger partial charge in [-0.2, -0.15) is 5.10 Å². The standard InChI is InChI=1S/C19H21F2N5O.2C2H6/c1-12-7-8-16-22-9-15(25(16)10-12)19(27)23-14-11-26(24-17(14)18(20)21)13-5-3-2-4-6-13;2*1-2/h7-11,13,18H,2-6H2,1H3,(H,23,27);2*1-2H3. The van der Waals surface area contributed by atoms with E-state index in [9.17, 15) is 13.6 Å². The van der Waals surface area contributed by atoms with Crippen molar-refractivity contribution in [3.63, 3.8) is 0 Å². The molecule has 1 aliphatic rings. The maximum absolute atomic E-state index is 13.5. The van der Waals surface area contributed by atoms with Gasteiger partial charge in [-0.3, -0.25) is 13.9 Å². The summed E-state index contributed by atoms with van der Waals surface area (Å²) in [4.78, 5) is 16.9. The molecule has 170 valence electrons. The quantitative estimate of drug-likeness (QED) is 0.505. The van der Waals surface area contributed by atoms with E-state index >= 15 is 0 Å². The molecule has 3 heterocycles. The normalized spacial score (nSPS) is 13.9. The third kappa shape index (κ3) is 5.68. The average molecular weight is 434 g/mol. The van der Waals surface area contributed by atoms with E-state index in [0.717, 1.165) is 37.7 Å². The number of fused-ring (bicyclic) bond motifs is 1. The van der Waals surface area contributed by atoms with Crippen molar-refractivity contribution in [1.29, 1.82) is 0 Å². The Kier molecular flexibility index (Phi) is 9.15. The lowest BCUT2D eigenvalue weighted by atomic mass is 9.96. The Morgan fingerprint density at radius 3 is 2.42 bits per heavy atom. The van der Waals surface area contributed by atoms with E-state index in [0.29, 0.717) is 11.3 Å². The van der Waals surface area contributed by atoms with Crippen molar-refractivity contribution in [3.8, 4) is 0 Å². The molecule has 0 saturated heterocycles. The molecule has 1 saturated carbocycles. The smallest absolute Gasteiger partial charge is 0.284 e. The van der Waals surface area contributed by atoms with Gasteiger partial charge in [0.2, 0.25) is 0 Å². The number of carbonyl (C=O) groups is 1. The summed E-state index contributed by atoms with van der Waals surface area (Å²) in [6.07, 6.45) is 7.15. The maximum Gasteiger partial charge on any atom is 0.284 e. The molecular weight excluding hydrogens is 400 g/mol. The zero-order chi connectivity index (χ0) is 23.0. The van der Waals surface area contributed by atoms with Crippen LogP contribution in [-0.4, -0.2) is 25.1 Å². The summed E-state index contributed by atoms with van der Waals surface area (Å²) in [5.74, 6) is -0.488. The molecule has 0 aromatic carbocycles. The molecule has 0 atom stereocenters. The summed E-state index contributed by atoms with van der Waals surface area (Å²) in [7, 11) is 0. The first-order valence-electron chi connectivity index (χ1n) is 11.1. The molecule has 3 aromatic rings. The molecule has 0 unspecified atom stereocenters. The Bertz CT molecular complexity index is 974. The van der Waals surface area contributed by atoms with Crippen molar-refractivity contribution < 1.29 is 13.6 Å². The summed E-state index contributed by atoms with van der Waals surface area (Å²) < 4.78 is 30.2. The number of anilines is 1. The highest BCUT2D eigenvalue weighted by atomic mass is 19.3. The number of aromatic nitrogens is 4. The Morgan fingerprint density at radius 1 is 1.10 bits per heavy atom. The molecule has 8 heteroatoms. The van der Waals surface area contributed by atoms with Gasteiger partial charge in [0, 0.05) is 12.4 Å². The van der Waals surface area contributed by atoms with Gasteiger partial charge in [-0.25, -0.2) is 13.8 Å². The van der Waals surface area contributed by atoms with Gasteiger partial charge in [0.05, 0.1) is 17.9 Å². The van der Waals surface area contributed by atoms with Crippen LogP contribution in [0.1, 0.15) is 94.0 Å². The van der Waals surface area contributed by atoms with Crippen molar-refractivity contribution in [2.75, 3.05) is 5.32 Å². The number of imidazole rings is 1. The number of rotatable bonds is 4. The van der Waals surface area contributed by atoms with Gasteiger partial charge >= 0.3 is 0 Å². The molecular formula is C23H33F2N5O. The third-order valence-electron chi connectivity index (χ3n) is 5.05. The lowest BCUT2D eigenvalue weighted by molar-refractivity contribution is 0.102. The molecule has 0 spiro atoms. The van der Waals surface area contributed by atoms with Gasteiger partial charge in [0.1, 0.15) is 11.3 Å². The molecule has 1 amide bonds.